The van der Waals surface area contributed by atoms with Gasteiger partial charge in [-0.05, 0) is 61.7 Å². The maximum absolute atomic E-state index is 11.9. The lowest BCUT2D eigenvalue weighted by atomic mass is 9.47. The number of hydrogen-bond donors (Lipinski definition) is 2. The molecule has 0 heterocycles. The van der Waals surface area contributed by atoms with Crippen molar-refractivity contribution >= 4 is 11.8 Å². The Morgan fingerprint density at radius 1 is 1.17 bits per heavy atom. The van der Waals surface area contributed by atoms with Crippen LogP contribution in [-0.2, 0) is 9.59 Å². The Hall–Kier alpha value is -1.16. The highest BCUT2D eigenvalue weighted by Gasteiger charge is 2.66. The van der Waals surface area contributed by atoms with E-state index in [0.29, 0.717) is 36.9 Å². The molecule has 4 rings (SSSR count). The van der Waals surface area contributed by atoms with Crippen LogP contribution in [0.2, 0.25) is 0 Å². The van der Waals surface area contributed by atoms with Gasteiger partial charge in [0, 0.05) is 18.3 Å². The number of carboxylic acids is 1. The molecule has 24 heavy (non-hydrogen) atoms. The molecule has 0 radical (unpaired) electrons. The SMILES string of the molecule is C[C@]12CCC(=O)CC1=CC[C@@H]1[C@H]2CC[C@@]2(C)[C@H]1CCC2(O)C(=O)O. The number of aliphatic carboxylic acids is 1. The molecule has 3 fully saturated rings. The lowest BCUT2D eigenvalue weighted by Gasteiger charge is -2.57. The second kappa shape index (κ2) is 4.94. The van der Waals surface area contributed by atoms with E-state index < -0.39 is 17.0 Å². The molecule has 0 saturated heterocycles. The fourth-order valence-electron chi connectivity index (χ4n) is 6.84. The molecule has 0 aliphatic heterocycles. The molecule has 4 heteroatoms. The zero-order chi connectivity index (χ0) is 17.3. The van der Waals surface area contributed by atoms with Crippen LogP contribution in [0.5, 0.6) is 0 Å². The molecule has 4 nitrogen and oxygen atoms in total. The van der Waals surface area contributed by atoms with Crippen LogP contribution in [0.4, 0.5) is 0 Å². The summed E-state index contributed by atoms with van der Waals surface area (Å²) in [6.45, 7) is 4.32. The molecule has 6 atom stereocenters. The minimum absolute atomic E-state index is 0.0993. The topological polar surface area (TPSA) is 74.6 Å². The van der Waals surface area contributed by atoms with Gasteiger partial charge in [-0.15, -0.1) is 0 Å². The molecule has 0 spiro atoms. The Bertz CT molecular complexity index is 638. The number of Topliss-reactive ketones (excluding diaryl/α,β-unsaturated/α-hetero) is 1. The Balaban J connectivity index is 1.70. The van der Waals surface area contributed by atoms with Crippen molar-refractivity contribution in [1.29, 1.82) is 0 Å². The van der Waals surface area contributed by atoms with Crippen LogP contribution >= 0.6 is 0 Å². The van der Waals surface area contributed by atoms with E-state index >= 15 is 0 Å². The molecule has 0 amide bonds. The van der Waals surface area contributed by atoms with Crippen molar-refractivity contribution in [3.63, 3.8) is 0 Å². The van der Waals surface area contributed by atoms with Gasteiger partial charge in [0.05, 0.1) is 0 Å². The molecule has 0 aromatic carbocycles. The van der Waals surface area contributed by atoms with Crippen molar-refractivity contribution in [1.82, 2.24) is 0 Å². The van der Waals surface area contributed by atoms with Crippen LogP contribution in [-0.4, -0.2) is 27.6 Å². The van der Waals surface area contributed by atoms with E-state index in [-0.39, 0.29) is 11.3 Å². The molecule has 4 aliphatic carbocycles. The summed E-state index contributed by atoms with van der Waals surface area (Å²) < 4.78 is 0. The van der Waals surface area contributed by atoms with E-state index in [0.717, 1.165) is 32.1 Å². The number of allylic oxidation sites excluding steroid dienone is 2. The molecular formula is C20H28O4. The highest BCUT2D eigenvalue weighted by Crippen LogP contribution is 2.66. The third kappa shape index (κ3) is 1.84. The van der Waals surface area contributed by atoms with Crippen LogP contribution in [0.15, 0.2) is 11.6 Å². The zero-order valence-corrected chi connectivity index (χ0v) is 14.7. The van der Waals surface area contributed by atoms with Gasteiger partial charge < -0.3 is 10.2 Å². The summed E-state index contributed by atoms with van der Waals surface area (Å²) in [6.07, 6.45) is 8.37. The smallest absolute Gasteiger partial charge is 0.336 e. The van der Waals surface area contributed by atoms with E-state index in [2.05, 4.69) is 13.0 Å². The molecule has 2 N–H and O–H groups in total. The van der Waals surface area contributed by atoms with Gasteiger partial charge >= 0.3 is 5.97 Å². The molecule has 0 bridgehead atoms. The Kier molecular flexibility index (Phi) is 3.36. The average molecular weight is 332 g/mol. The molecular weight excluding hydrogens is 304 g/mol. The predicted octanol–water partition coefficient (Wildman–Crippen LogP) is 3.33. The average Bonchev–Trinajstić information content (AvgIpc) is 2.81. The molecule has 4 aliphatic rings. The highest BCUT2D eigenvalue weighted by molar-refractivity contribution is 5.82. The minimum Gasteiger partial charge on any atom is -0.479 e. The number of ketones is 1. The standard InChI is InChI=1S/C20H28O4/c1-18-8-5-13(21)11-12(18)3-4-14-15(18)6-9-19(2)16(14)7-10-20(19,24)17(22)23/h3,14-16,24H,4-11H2,1-2H3,(H,22,23)/t14-,15-,16+,18+,19+,20?/m1/s1. The first-order valence-electron chi connectivity index (χ1n) is 9.39. The van der Waals surface area contributed by atoms with Crippen molar-refractivity contribution < 1.29 is 19.8 Å². The van der Waals surface area contributed by atoms with Crippen molar-refractivity contribution in [3.05, 3.63) is 11.6 Å². The Morgan fingerprint density at radius 2 is 1.88 bits per heavy atom. The van der Waals surface area contributed by atoms with Gasteiger partial charge in [-0.25, -0.2) is 4.79 Å². The van der Waals surface area contributed by atoms with E-state index in [1.54, 1.807) is 0 Å². The minimum atomic E-state index is -1.57. The summed E-state index contributed by atoms with van der Waals surface area (Å²) in [7, 11) is 0. The summed E-state index contributed by atoms with van der Waals surface area (Å²) in [4.78, 5) is 23.6. The van der Waals surface area contributed by atoms with Crippen molar-refractivity contribution in [2.75, 3.05) is 0 Å². The molecule has 0 aromatic rings. The van der Waals surface area contributed by atoms with Crippen LogP contribution in [0.3, 0.4) is 0 Å². The van der Waals surface area contributed by atoms with Gasteiger partial charge in [-0.2, -0.15) is 0 Å². The summed E-state index contributed by atoms with van der Waals surface area (Å²) in [5, 5.41) is 20.5. The Labute approximate surface area is 143 Å². The number of hydrogen-bond acceptors (Lipinski definition) is 3. The first-order valence-corrected chi connectivity index (χ1v) is 9.39. The van der Waals surface area contributed by atoms with Gasteiger partial charge in [0.25, 0.3) is 0 Å². The monoisotopic (exact) mass is 332 g/mol. The summed E-state index contributed by atoms with van der Waals surface area (Å²) in [5.41, 5.74) is -0.667. The summed E-state index contributed by atoms with van der Waals surface area (Å²) in [5.74, 6) is 0.551. The normalized spacial score (nSPS) is 50.5. The number of carboxylic acid groups (broad SMARTS) is 1. The van der Waals surface area contributed by atoms with Crippen LogP contribution < -0.4 is 0 Å². The lowest BCUT2D eigenvalue weighted by molar-refractivity contribution is -0.180. The number of fused-ring (bicyclic) bond motifs is 5. The molecule has 1 unspecified atom stereocenters. The third-order valence-corrected chi connectivity index (χ3v) is 8.44. The van der Waals surface area contributed by atoms with Crippen molar-refractivity contribution in [3.8, 4) is 0 Å². The number of aliphatic hydroxyl groups is 1. The fraction of sp³-hybridized carbons (Fsp3) is 0.800. The largest absolute Gasteiger partial charge is 0.479 e. The maximum Gasteiger partial charge on any atom is 0.336 e. The fourth-order valence-corrected chi connectivity index (χ4v) is 6.84. The van der Waals surface area contributed by atoms with Crippen molar-refractivity contribution in [2.24, 2.45) is 28.6 Å². The summed E-state index contributed by atoms with van der Waals surface area (Å²) in [6, 6.07) is 0. The van der Waals surface area contributed by atoms with Crippen LogP contribution in [0.1, 0.15) is 65.2 Å². The maximum atomic E-state index is 11.9. The number of carbonyl (C=O) groups excluding carboxylic acids is 1. The predicted molar refractivity (Wildman–Crippen MR) is 89.3 cm³/mol. The van der Waals surface area contributed by atoms with Crippen molar-refractivity contribution in [2.45, 2.75) is 70.8 Å². The molecule has 0 aromatic heterocycles. The van der Waals surface area contributed by atoms with Gasteiger partial charge in [0.15, 0.2) is 5.60 Å². The molecule has 3 saturated carbocycles. The van der Waals surface area contributed by atoms with Crippen LogP contribution in [0, 0.1) is 28.6 Å². The van der Waals surface area contributed by atoms with Gasteiger partial charge in [-0.3, -0.25) is 4.79 Å². The quantitative estimate of drug-likeness (QED) is 0.722. The van der Waals surface area contributed by atoms with Crippen LogP contribution in [0.25, 0.3) is 0 Å². The van der Waals surface area contributed by atoms with Gasteiger partial charge in [-0.1, -0.05) is 25.5 Å². The zero-order valence-electron chi connectivity index (χ0n) is 14.7. The number of rotatable bonds is 1. The first-order chi connectivity index (χ1) is 11.2. The van der Waals surface area contributed by atoms with E-state index in [9.17, 15) is 19.8 Å². The lowest BCUT2D eigenvalue weighted by Crippen LogP contribution is -2.57. The second-order valence-electron chi connectivity index (χ2n) is 9.14. The van der Waals surface area contributed by atoms with Gasteiger partial charge in [0.1, 0.15) is 5.78 Å². The second-order valence-corrected chi connectivity index (χ2v) is 9.14. The molecule has 132 valence electrons. The van der Waals surface area contributed by atoms with E-state index in [1.807, 2.05) is 6.92 Å². The third-order valence-electron chi connectivity index (χ3n) is 8.44. The van der Waals surface area contributed by atoms with E-state index in [4.69, 9.17) is 0 Å². The first kappa shape index (κ1) is 16.3. The summed E-state index contributed by atoms with van der Waals surface area (Å²) >= 11 is 0. The van der Waals surface area contributed by atoms with E-state index in [1.165, 1.54) is 5.57 Å². The highest BCUT2D eigenvalue weighted by atomic mass is 16.4. The number of carbonyl (C=O) groups is 2. The van der Waals surface area contributed by atoms with Gasteiger partial charge in [0.2, 0.25) is 0 Å². The Morgan fingerprint density at radius 3 is 2.58 bits per heavy atom.